The van der Waals surface area contributed by atoms with Gasteiger partial charge in [-0.15, -0.1) is 0 Å². The van der Waals surface area contributed by atoms with E-state index in [1.54, 1.807) is 6.20 Å². The maximum absolute atomic E-state index is 12.7. The molecule has 1 unspecified atom stereocenters. The van der Waals surface area contributed by atoms with Crippen molar-refractivity contribution in [3.63, 3.8) is 0 Å². The first-order chi connectivity index (χ1) is 14.1. The molecule has 146 valence electrons. The fourth-order valence-electron chi connectivity index (χ4n) is 3.15. The van der Waals surface area contributed by atoms with Gasteiger partial charge in [-0.3, -0.25) is 9.78 Å². The van der Waals surface area contributed by atoms with Gasteiger partial charge in [0.15, 0.2) is 5.16 Å². The van der Waals surface area contributed by atoms with Crippen LogP contribution in [0, 0.1) is 6.92 Å². The van der Waals surface area contributed by atoms with E-state index in [0.717, 1.165) is 39.6 Å². The molecule has 0 aliphatic rings. The van der Waals surface area contributed by atoms with Crippen molar-refractivity contribution in [1.82, 2.24) is 15.0 Å². The smallest absolute Gasteiger partial charge is 0.237 e. The van der Waals surface area contributed by atoms with Crippen molar-refractivity contribution in [2.45, 2.75) is 30.7 Å². The van der Waals surface area contributed by atoms with Crippen LogP contribution in [0.2, 0.25) is 0 Å². The highest BCUT2D eigenvalue weighted by molar-refractivity contribution is 8.00. The van der Waals surface area contributed by atoms with Gasteiger partial charge < -0.3 is 10.3 Å². The summed E-state index contributed by atoms with van der Waals surface area (Å²) < 4.78 is 0. The molecule has 2 N–H and O–H groups in total. The van der Waals surface area contributed by atoms with E-state index in [-0.39, 0.29) is 11.2 Å². The van der Waals surface area contributed by atoms with Gasteiger partial charge in [0.25, 0.3) is 0 Å². The predicted octanol–water partition coefficient (Wildman–Crippen LogP) is 4.98. The number of aromatic amines is 1. The number of aromatic nitrogens is 3. The topological polar surface area (TPSA) is 70.7 Å². The Kier molecular flexibility index (Phi) is 5.62. The van der Waals surface area contributed by atoms with Crippen LogP contribution in [-0.2, 0) is 11.2 Å². The van der Waals surface area contributed by atoms with E-state index < -0.39 is 0 Å². The van der Waals surface area contributed by atoms with Gasteiger partial charge in [0.05, 0.1) is 22.1 Å². The van der Waals surface area contributed by atoms with Gasteiger partial charge in [0.1, 0.15) is 0 Å². The first-order valence-electron chi connectivity index (χ1n) is 9.51. The van der Waals surface area contributed by atoms with Crippen LogP contribution in [0.5, 0.6) is 0 Å². The molecular formula is C23H22N4OS. The normalized spacial score (nSPS) is 12.1. The number of pyridine rings is 1. The van der Waals surface area contributed by atoms with Crippen molar-refractivity contribution in [3.05, 3.63) is 83.8 Å². The Morgan fingerprint density at radius 1 is 1.10 bits per heavy atom. The molecule has 0 fully saturated rings. The Hall–Kier alpha value is -3.12. The lowest BCUT2D eigenvalue weighted by Gasteiger charge is -2.12. The van der Waals surface area contributed by atoms with Crippen molar-refractivity contribution in [1.29, 1.82) is 0 Å². The number of rotatable bonds is 6. The van der Waals surface area contributed by atoms with Crippen molar-refractivity contribution >= 4 is 34.3 Å². The summed E-state index contributed by atoms with van der Waals surface area (Å²) in [6, 6.07) is 19.8. The molecule has 4 rings (SSSR count). The molecule has 5 nitrogen and oxygen atoms in total. The quantitative estimate of drug-likeness (QED) is 0.447. The van der Waals surface area contributed by atoms with Crippen LogP contribution < -0.4 is 5.32 Å². The lowest BCUT2D eigenvalue weighted by atomic mass is 10.1. The fraction of sp³-hybridized carbons (Fsp3) is 0.174. The molecule has 0 radical (unpaired) electrons. The zero-order valence-corrected chi connectivity index (χ0v) is 17.2. The third-order valence-corrected chi connectivity index (χ3v) is 5.72. The monoisotopic (exact) mass is 402 g/mol. The lowest BCUT2D eigenvalue weighted by molar-refractivity contribution is -0.115. The molecule has 0 bridgehead atoms. The number of carbonyl (C=O) groups is 1. The second-order valence-electron chi connectivity index (χ2n) is 6.90. The van der Waals surface area contributed by atoms with E-state index in [9.17, 15) is 4.79 Å². The van der Waals surface area contributed by atoms with Crippen molar-refractivity contribution in [2.24, 2.45) is 0 Å². The Balaban J connectivity index is 1.44. The number of amides is 1. The highest BCUT2D eigenvalue weighted by atomic mass is 32.2. The molecule has 4 aromatic rings. The van der Waals surface area contributed by atoms with Crippen LogP contribution in [-0.4, -0.2) is 26.1 Å². The van der Waals surface area contributed by atoms with E-state index >= 15 is 0 Å². The van der Waals surface area contributed by atoms with Crippen molar-refractivity contribution < 1.29 is 4.79 Å². The van der Waals surface area contributed by atoms with Crippen LogP contribution in [0.15, 0.2) is 72.0 Å². The van der Waals surface area contributed by atoms with Gasteiger partial charge in [0.2, 0.25) is 5.91 Å². The molecule has 2 heterocycles. The summed E-state index contributed by atoms with van der Waals surface area (Å²) in [6.45, 7) is 3.90. The molecule has 0 aliphatic heterocycles. The molecular weight excluding hydrogens is 380 g/mol. The summed E-state index contributed by atoms with van der Waals surface area (Å²) in [5.41, 5.74) is 4.88. The number of hydrogen-bond donors (Lipinski definition) is 2. The molecule has 6 heteroatoms. The van der Waals surface area contributed by atoms with E-state index in [0.29, 0.717) is 0 Å². The molecule has 1 atom stereocenters. The summed E-state index contributed by atoms with van der Waals surface area (Å²) in [6.07, 6.45) is 2.52. The van der Waals surface area contributed by atoms with E-state index in [4.69, 9.17) is 4.98 Å². The number of benzene rings is 2. The van der Waals surface area contributed by atoms with E-state index in [1.165, 1.54) is 17.3 Å². The Bertz CT molecular complexity index is 1130. The summed E-state index contributed by atoms with van der Waals surface area (Å²) in [7, 11) is 0. The van der Waals surface area contributed by atoms with Gasteiger partial charge in [-0.1, -0.05) is 48.2 Å². The molecule has 29 heavy (non-hydrogen) atoms. The minimum Gasteiger partial charge on any atom is -0.337 e. The summed E-state index contributed by atoms with van der Waals surface area (Å²) in [4.78, 5) is 25.1. The van der Waals surface area contributed by atoms with Gasteiger partial charge in [-0.25, -0.2) is 4.98 Å². The SMILES string of the molecule is Cc1[nH]c(SC(C)C(=O)Nc2cccc3ncccc23)nc1Cc1ccccc1. The first kappa shape index (κ1) is 19.2. The second kappa shape index (κ2) is 8.49. The third kappa shape index (κ3) is 4.49. The molecule has 0 aliphatic carbocycles. The summed E-state index contributed by atoms with van der Waals surface area (Å²) in [5, 5.41) is 4.42. The number of aryl methyl sites for hydroxylation is 1. The maximum atomic E-state index is 12.7. The van der Waals surface area contributed by atoms with Gasteiger partial charge in [-0.05, 0) is 43.7 Å². The largest absolute Gasteiger partial charge is 0.337 e. The third-order valence-electron chi connectivity index (χ3n) is 4.74. The number of H-pyrrole nitrogens is 1. The summed E-state index contributed by atoms with van der Waals surface area (Å²) in [5.74, 6) is -0.0648. The zero-order valence-electron chi connectivity index (χ0n) is 16.3. The number of hydrogen-bond acceptors (Lipinski definition) is 4. The second-order valence-corrected chi connectivity index (χ2v) is 8.23. The van der Waals surface area contributed by atoms with E-state index in [2.05, 4.69) is 27.4 Å². The van der Waals surface area contributed by atoms with E-state index in [1.807, 2.05) is 62.4 Å². The Morgan fingerprint density at radius 3 is 2.76 bits per heavy atom. The van der Waals surface area contributed by atoms with Crippen LogP contribution in [0.4, 0.5) is 5.69 Å². The number of carbonyl (C=O) groups excluding carboxylic acids is 1. The summed E-state index contributed by atoms with van der Waals surface area (Å²) >= 11 is 1.43. The minimum atomic E-state index is -0.294. The molecule has 0 spiro atoms. The molecule has 1 amide bonds. The average Bonchev–Trinajstić information content (AvgIpc) is 3.07. The highest BCUT2D eigenvalue weighted by Gasteiger charge is 2.18. The first-order valence-corrected chi connectivity index (χ1v) is 10.4. The number of nitrogens with zero attached hydrogens (tertiary/aromatic N) is 2. The lowest BCUT2D eigenvalue weighted by Crippen LogP contribution is -2.22. The Morgan fingerprint density at radius 2 is 1.93 bits per heavy atom. The minimum absolute atomic E-state index is 0.0648. The zero-order chi connectivity index (χ0) is 20.2. The maximum Gasteiger partial charge on any atom is 0.237 e. The van der Waals surface area contributed by atoms with Crippen LogP contribution in [0.1, 0.15) is 23.9 Å². The van der Waals surface area contributed by atoms with Crippen molar-refractivity contribution in [3.8, 4) is 0 Å². The van der Waals surface area contributed by atoms with Gasteiger partial charge in [0, 0.05) is 23.7 Å². The standard InChI is InChI=1S/C23H22N4OS/c1-15-21(14-17-8-4-3-5-9-17)27-23(25-15)29-16(2)22(28)26-20-12-6-11-19-18(20)10-7-13-24-19/h3-13,16H,14H2,1-2H3,(H,25,27)(H,26,28). The van der Waals surface area contributed by atoms with Gasteiger partial charge in [-0.2, -0.15) is 0 Å². The highest BCUT2D eigenvalue weighted by Crippen LogP contribution is 2.26. The predicted molar refractivity (Wildman–Crippen MR) is 118 cm³/mol. The molecule has 0 saturated heterocycles. The van der Waals surface area contributed by atoms with Crippen LogP contribution in [0.25, 0.3) is 10.9 Å². The molecule has 2 aromatic carbocycles. The van der Waals surface area contributed by atoms with Gasteiger partial charge >= 0.3 is 0 Å². The number of fused-ring (bicyclic) bond motifs is 1. The number of imidazole rings is 1. The van der Waals surface area contributed by atoms with Crippen molar-refractivity contribution in [2.75, 3.05) is 5.32 Å². The van der Waals surface area contributed by atoms with Crippen LogP contribution in [0.3, 0.4) is 0 Å². The molecule has 0 saturated carbocycles. The average molecular weight is 403 g/mol. The van der Waals surface area contributed by atoms with Crippen LogP contribution >= 0.6 is 11.8 Å². The Labute approximate surface area is 174 Å². The number of anilines is 1. The fourth-order valence-corrected chi connectivity index (χ4v) is 4.03. The number of thioether (sulfide) groups is 1. The molecule has 2 aromatic heterocycles. The number of nitrogens with one attached hydrogen (secondary N) is 2.